The largest absolute Gasteiger partial charge is 0.489 e. The molecule has 1 nitrogen and oxygen atoms in total. The lowest BCUT2D eigenvalue weighted by molar-refractivity contribution is 0.306. The van der Waals surface area contributed by atoms with Crippen molar-refractivity contribution in [2.45, 2.75) is 6.61 Å². The summed E-state index contributed by atoms with van der Waals surface area (Å²) in [5.74, 6) is 0.617. The summed E-state index contributed by atoms with van der Waals surface area (Å²) in [6.45, 7) is 0.549. The second-order valence-corrected chi connectivity index (χ2v) is 6.89. The second-order valence-electron chi connectivity index (χ2n) is 5.97. The molecule has 0 aliphatic rings. The lowest BCUT2D eigenvalue weighted by atomic mass is 10.0. The van der Waals surface area contributed by atoms with Gasteiger partial charge in [-0.15, -0.1) is 11.3 Å². The summed E-state index contributed by atoms with van der Waals surface area (Å²) in [5.41, 5.74) is 4.25. The van der Waals surface area contributed by atoms with E-state index < -0.39 is 0 Å². The molecule has 0 amide bonds. The first kappa shape index (κ1) is 16.6. The predicted octanol–water partition coefficient (Wildman–Crippen LogP) is 6.80. The van der Waals surface area contributed by atoms with Gasteiger partial charge in [0.25, 0.3) is 0 Å². The number of halogens is 1. The van der Waals surface area contributed by atoms with Crippen LogP contribution in [0.1, 0.15) is 5.56 Å². The summed E-state index contributed by atoms with van der Waals surface area (Å²) in [5, 5.41) is 2.04. The number of hydrogen-bond acceptors (Lipinski definition) is 2. The molecular formula is C23H17FOS. The molecule has 4 rings (SSSR count). The molecule has 0 N–H and O–H groups in total. The Morgan fingerprint density at radius 3 is 2.35 bits per heavy atom. The molecule has 1 heterocycles. The monoisotopic (exact) mass is 360 g/mol. The second kappa shape index (κ2) is 7.54. The summed E-state index contributed by atoms with van der Waals surface area (Å²) in [6, 6.07) is 27.0. The van der Waals surface area contributed by atoms with Crippen LogP contribution in [0.4, 0.5) is 4.39 Å². The standard InChI is InChI=1S/C23H17FOS/c24-20-8-4-7-19(15-20)23-22(13-14-26-23)18-9-11-21(12-10-18)25-16-17-5-2-1-3-6-17/h1-15H,16H2. The third kappa shape index (κ3) is 3.68. The minimum Gasteiger partial charge on any atom is -0.489 e. The Kier molecular flexibility index (Phi) is 4.80. The Morgan fingerprint density at radius 2 is 1.58 bits per heavy atom. The van der Waals surface area contributed by atoms with Crippen molar-refractivity contribution in [2.24, 2.45) is 0 Å². The molecule has 0 fully saturated rings. The van der Waals surface area contributed by atoms with Crippen molar-refractivity contribution in [3.63, 3.8) is 0 Å². The van der Waals surface area contributed by atoms with Crippen LogP contribution in [0.25, 0.3) is 21.6 Å². The summed E-state index contributed by atoms with van der Waals surface area (Å²) in [6.07, 6.45) is 0. The molecule has 0 atom stereocenters. The van der Waals surface area contributed by atoms with Crippen molar-refractivity contribution in [1.29, 1.82) is 0 Å². The van der Waals surface area contributed by atoms with Crippen molar-refractivity contribution >= 4 is 11.3 Å². The van der Waals surface area contributed by atoms with Gasteiger partial charge in [0.2, 0.25) is 0 Å². The maximum Gasteiger partial charge on any atom is 0.123 e. The van der Waals surface area contributed by atoms with E-state index in [1.165, 1.54) is 6.07 Å². The van der Waals surface area contributed by atoms with Crippen LogP contribution in [0, 0.1) is 5.82 Å². The number of ether oxygens (including phenoxy) is 1. The zero-order chi connectivity index (χ0) is 17.8. The molecule has 3 aromatic carbocycles. The van der Waals surface area contributed by atoms with E-state index in [0.717, 1.165) is 32.9 Å². The SMILES string of the molecule is Fc1cccc(-c2sccc2-c2ccc(OCc3ccccc3)cc2)c1. The van der Waals surface area contributed by atoms with Crippen LogP contribution in [0.3, 0.4) is 0 Å². The first-order valence-electron chi connectivity index (χ1n) is 8.40. The van der Waals surface area contributed by atoms with E-state index in [1.54, 1.807) is 23.5 Å². The van der Waals surface area contributed by atoms with Crippen LogP contribution in [-0.4, -0.2) is 0 Å². The maximum absolute atomic E-state index is 13.6. The number of benzene rings is 3. The number of hydrogen-bond donors (Lipinski definition) is 0. The topological polar surface area (TPSA) is 9.23 Å². The molecule has 0 aliphatic heterocycles. The van der Waals surface area contributed by atoms with Crippen LogP contribution in [0.2, 0.25) is 0 Å². The molecule has 4 aromatic rings. The van der Waals surface area contributed by atoms with Gasteiger partial charge < -0.3 is 4.74 Å². The lowest BCUT2D eigenvalue weighted by Gasteiger charge is -2.08. The van der Waals surface area contributed by atoms with E-state index >= 15 is 0 Å². The van der Waals surface area contributed by atoms with E-state index in [2.05, 4.69) is 6.07 Å². The van der Waals surface area contributed by atoms with Gasteiger partial charge in [-0.25, -0.2) is 4.39 Å². The van der Waals surface area contributed by atoms with Gasteiger partial charge >= 0.3 is 0 Å². The average Bonchev–Trinajstić information content (AvgIpc) is 3.17. The van der Waals surface area contributed by atoms with Gasteiger partial charge in [0.1, 0.15) is 18.2 Å². The van der Waals surface area contributed by atoms with Crippen molar-refractivity contribution in [2.75, 3.05) is 0 Å². The van der Waals surface area contributed by atoms with Crippen molar-refractivity contribution in [3.8, 4) is 27.3 Å². The van der Waals surface area contributed by atoms with Crippen molar-refractivity contribution < 1.29 is 9.13 Å². The highest BCUT2D eigenvalue weighted by molar-refractivity contribution is 7.14. The Bertz CT molecular complexity index is 990. The third-order valence-electron chi connectivity index (χ3n) is 4.17. The van der Waals surface area contributed by atoms with Gasteiger partial charge in [0.05, 0.1) is 0 Å². The third-order valence-corrected chi connectivity index (χ3v) is 5.13. The first-order valence-corrected chi connectivity index (χ1v) is 9.28. The molecule has 0 aliphatic carbocycles. The molecule has 128 valence electrons. The van der Waals surface area contributed by atoms with Crippen LogP contribution in [0.15, 0.2) is 90.3 Å². The predicted molar refractivity (Wildman–Crippen MR) is 106 cm³/mol. The molecule has 0 saturated heterocycles. The molecule has 3 heteroatoms. The van der Waals surface area contributed by atoms with E-state index in [9.17, 15) is 4.39 Å². The van der Waals surface area contributed by atoms with Crippen LogP contribution in [0.5, 0.6) is 5.75 Å². The fraction of sp³-hybridized carbons (Fsp3) is 0.0435. The minimum atomic E-state index is -0.216. The summed E-state index contributed by atoms with van der Waals surface area (Å²) in [4.78, 5) is 1.07. The molecule has 0 bridgehead atoms. The smallest absolute Gasteiger partial charge is 0.123 e. The van der Waals surface area contributed by atoms with Crippen molar-refractivity contribution in [3.05, 3.63) is 102 Å². The molecule has 0 radical (unpaired) electrons. The van der Waals surface area contributed by atoms with Crippen LogP contribution < -0.4 is 4.74 Å². The van der Waals surface area contributed by atoms with Gasteiger partial charge in [-0.05, 0) is 52.4 Å². The van der Waals surface area contributed by atoms with Crippen LogP contribution >= 0.6 is 11.3 Å². The molecule has 1 aromatic heterocycles. The molecule has 26 heavy (non-hydrogen) atoms. The highest BCUT2D eigenvalue weighted by Gasteiger charge is 2.10. The quantitative estimate of drug-likeness (QED) is 0.380. The minimum absolute atomic E-state index is 0.216. The maximum atomic E-state index is 13.6. The van der Waals surface area contributed by atoms with E-state index in [0.29, 0.717) is 6.61 Å². The van der Waals surface area contributed by atoms with Crippen LogP contribution in [-0.2, 0) is 6.61 Å². The summed E-state index contributed by atoms with van der Waals surface area (Å²) in [7, 11) is 0. The zero-order valence-electron chi connectivity index (χ0n) is 14.1. The van der Waals surface area contributed by atoms with Gasteiger partial charge in [0, 0.05) is 10.4 Å². The molecule has 0 saturated carbocycles. The number of rotatable bonds is 5. The lowest BCUT2D eigenvalue weighted by Crippen LogP contribution is -1.94. The average molecular weight is 360 g/mol. The fourth-order valence-electron chi connectivity index (χ4n) is 2.86. The first-order chi connectivity index (χ1) is 12.8. The zero-order valence-corrected chi connectivity index (χ0v) is 14.9. The van der Waals surface area contributed by atoms with E-state index in [4.69, 9.17) is 4.74 Å². The summed E-state index contributed by atoms with van der Waals surface area (Å²) >= 11 is 1.62. The highest BCUT2D eigenvalue weighted by atomic mass is 32.1. The fourth-order valence-corrected chi connectivity index (χ4v) is 3.78. The molecular weight excluding hydrogens is 343 g/mol. The normalized spacial score (nSPS) is 10.7. The Hall–Kier alpha value is -2.91. The van der Waals surface area contributed by atoms with E-state index in [1.807, 2.05) is 66.0 Å². The van der Waals surface area contributed by atoms with Gasteiger partial charge in [-0.2, -0.15) is 0 Å². The Balaban J connectivity index is 1.54. The molecule has 0 unspecified atom stereocenters. The van der Waals surface area contributed by atoms with Gasteiger partial charge in [-0.3, -0.25) is 0 Å². The summed E-state index contributed by atoms with van der Waals surface area (Å²) < 4.78 is 19.4. The Labute approximate surface area is 156 Å². The number of thiophene rings is 1. The van der Waals surface area contributed by atoms with Crippen molar-refractivity contribution in [1.82, 2.24) is 0 Å². The highest BCUT2D eigenvalue weighted by Crippen LogP contribution is 2.37. The molecule has 0 spiro atoms. The van der Waals surface area contributed by atoms with E-state index in [-0.39, 0.29) is 5.82 Å². The Morgan fingerprint density at radius 1 is 0.769 bits per heavy atom. The van der Waals surface area contributed by atoms with Gasteiger partial charge in [0.15, 0.2) is 0 Å². The van der Waals surface area contributed by atoms with Gasteiger partial charge in [-0.1, -0.05) is 54.6 Å².